The lowest BCUT2D eigenvalue weighted by Gasteiger charge is -2.23. The Morgan fingerprint density at radius 2 is 2.19 bits per heavy atom. The molecule has 1 aromatic rings. The zero-order valence-electron chi connectivity index (χ0n) is 11.7. The molecule has 0 amide bonds. The van der Waals surface area contributed by atoms with Gasteiger partial charge in [-0.05, 0) is 49.0 Å². The zero-order valence-corrected chi connectivity index (χ0v) is 11.7. The van der Waals surface area contributed by atoms with Gasteiger partial charge in [-0.15, -0.1) is 0 Å². The summed E-state index contributed by atoms with van der Waals surface area (Å²) in [5.74, 6) is -1.13. The number of hydrogen-bond donors (Lipinski definition) is 1. The summed E-state index contributed by atoms with van der Waals surface area (Å²) in [4.78, 5) is 2.30. The number of hydrogen-bond acceptors (Lipinski definition) is 3. The van der Waals surface area contributed by atoms with Crippen LogP contribution < -0.4 is 10.1 Å². The maximum atomic E-state index is 13.7. The predicted octanol–water partition coefficient (Wildman–Crippen LogP) is 2.61. The lowest BCUT2D eigenvalue weighted by atomic mass is 9.86. The number of likely N-dealkylation sites (tertiary alicyclic amines) is 1. The van der Waals surface area contributed by atoms with Crippen LogP contribution in [0.3, 0.4) is 0 Å². The highest BCUT2D eigenvalue weighted by Gasteiger charge is 2.40. The van der Waals surface area contributed by atoms with E-state index in [1.165, 1.54) is 18.6 Å². The summed E-state index contributed by atoms with van der Waals surface area (Å²) in [5.41, 5.74) is 1.16. The van der Waals surface area contributed by atoms with Crippen molar-refractivity contribution in [2.45, 2.75) is 26.0 Å². The fraction of sp³-hybridized carbons (Fsp3) is 0.600. The molecule has 3 nitrogen and oxygen atoms in total. The summed E-state index contributed by atoms with van der Waals surface area (Å²) in [5, 5.41) is 3.40. The normalized spacial score (nSPS) is 26.1. The van der Waals surface area contributed by atoms with E-state index in [1.54, 1.807) is 6.07 Å². The van der Waals surface area contributed by atoms with Gasteiger partial charge in [0.2, 0.25) is 0 Å². The number of benzene rings is 1. The van der Waals surface area contributed by atoms with Crippen molar-refractivity contribution < 1.29 is 17.9 Å². The maximum absolute atomic E-state index is 13.7. The average molecular weight is 300 g/mol. The molecular weight excluding hydrogens is 281 g/mol. The van der Waals surface area contributed by atoms with Crippen molar-refractivity contribution in [3.8, 4) is 5.75 Å². The Morgan fingerprint density at radius 3 is 2.86 bits per heavy atom. The fourth-order valence-electron chi connectivity index (χ4n) is 3.40. The monoisotopic (exact) mass is 300 g/mol. The molecule has 2 aliphatic rings. The van der Waals surface area contributed by atoms with E-state index < -0.39 is 18.2 Å². The molecule has 116 valence electrons. The molecule has 0 aliphatic carbocycles. The third kappa shape index (κ3) is 3.32. The van der Waals surface area contributed by atoms with Crippen LogP contribution in [0.5, 0.6) is 5.75 Å². The molecule has 1 unspecified atom stereocenters. The zero-order chi connectivity index (χ0) is 14.9. The summed E-state index contributed by atoms with van der Waals surface area (Å²) >= 11 is 0. The number of nitrogens with one attached hydrogen (secondary N) is 1. The Labute approximate surface area is 122 Å². The van der Waals surface area contributed by atoms with E-state index in [0.29, 0.717) is 12.0 Å². The van der Waals surface area contributed by atoms with Gasteiger partial charge in [-0.1, -0.05) is 6.07 Å². The van der Waals surface area contributed by atoms with Gasteiger partial charge in [0, 0.05) is 19.6 Å². The Kier molecular flexibility index (Phi) is 4.08. The molecule has 2 fully saturated rings. The summed E-state index contributed by atoms with van der Waals surface area (Å²) in [7, 11) is 0. The van der Waals surface area contributed by atoms with Crippen LogP contribution in [-0.2, 0) is 6.54 Å². The van der Waals surface area contributed by atoms with Crippen molar-refractivity contribution >= 4 is 0 Å². The maximum Gasteiger partial charge on any atom is 0.387 e. The molecule has 2 aliphatic heterocycles. The van der Waals surface area contributed by atoms with Crippen molar-refractivity contribution in [2.75, 3.05) is 26.2 Å². The Balaban J connectivity index is 1.62. The third-order valence-corrected chi connectivity index (χ3v) is 4.47. The molecule has 0 bridgehead atoms. The molecule has 0 saturated carbocycles. The van der Waals surface area contributed by atoms with Gasteiger partial charge in [0.25, 0.3) is 0 Å². The van der Waals surface area contributed by atoms with Crippen LogP contribution in [0.1, 0.15) is 18.4 Å². The lowest BCUT2D eigenvalue weighted by Crippen LogP contribution is -2.28. The van der Waals surface area contributed by atoms with Gasteiger partial charge >= 0.3 is 6.61 Å². The van der Waals surface area contributed by atoms with E-state index in [2.05, 4.69) is 15.0 Å². The second-order valence-electron chi connectivity index (χ2n) is 6.03. The smallest absolute Gasteiger partial charge is 0.387 e. The number of halogens is 3. The van der Waals surface area contributed by atoms with E-state index in [1.807, 2.05) is 0 Å². The number of nitrogens with zero attached hydrogens (tertiary/aromatic N) is 1. The first-order valence-corrected chi connectivity index (χ1v) is 7.23. The first-order chi connectivity index (χ1) is 10.1. The van der Waals surface area contributed by atoms with Crippen LogP contribution in [0.4, 0.5) is 13.2 Å². The minimum absolute atomic E-state index is 0.372. The van der Waals surface area contributed by atoms with Crippen LogP contribution in [0, 0.1) is 11.2 Å². The fourth-order valence-corrected chi connectivity index (χ4v) is 3.40. The van der Waals surface area contributed by atoms with E-state index in [-0.39, 0.29) is 0 Å². The molecule has 1 aromatic carbocycles. The predicted molar refractivity (Wildman–Crippen MR) is 72.8 cm³/mol. The molecule has 3 rings (SSSR count). The van der Waals surface area contributed by atoms with Gasteiger partial charge in [-0.25, -0.2) is 4.39 Å². The average Bonchev–Trinajstić information content (AvgIpc) is 3.04. The molecular formula is C15H19F3N2O. The van der Waals surface area contributed by atoms with Crippen molar-refractivity contribution in [3.63, 3.8) is 0 Å². The second-order valence-corrected chi connectivity index (χ2v) is 6.03. The SMILES string of the molecule is Fc1cc(CN2CCC3(CCNC3)C2)ccc1OC(F)F. The van der Waals surface area contributed by atoms with Gasteiger partial charge in [-0.3, -0.25) is 4.90 Å². The van der Waals surface area contributed by atoms with Crippen molar-refractivity contribution in [2.24, 2.45) is 5.41 Å². The second kappa shape index (κ2) is 5.85. The van der Waals surface area contributed by atoms with Gasteiger partial charge in [0.1, 0.15) is 0 Å². The molecule has 2 saturated heterocycles. The van der Waals surface area contributed by atoms with Crippen LogP contribution in [0.2, 0.25) is 0 Å². The summed E-state index contributed by atoms with van der Waals surface area (Å²) in [6.07, 6.45) is 2.36. The van der Waals surface area contributed by atoms with Crippen molar-refractivity contribution in [3.05, 3.63) is 29.6 Å². The molecule has 1 spiro atoms. The minimum Gasteiger partial charge on any atom is -0.432 e. The van der Waals surface area contributed by atoms with E-state index in [4.69, 9.17) is 0 Å². The number of alkyl halides is 2. The molecule has 1 N–H and O–H groups in total. The summed E-state index contributed by atoms with van der Waals surface area (Å²) < 4.78 is 42.0. The molecule has 21 heavy (non-hydrogen) atoms. The van der Waals surface area contributed by atoms with Gasteiger partial charge in [-0.2, -0.15) is 8.78 Å². The Hall–Kier alpha value is -1.27. The van der Waals surface area contributed by atoms with Gasteiger partial charge in [0.15, 0.2) is 11.6 Å². The molecule has 0 aromatic heterocycles. The van der Waals surface area contributed by atoms with Crippen LogP contribution in [0.25, 0.3) is 0 Å². The first-order valence-electron chi connectivity index (χ1n) is 7.23. The van der Waals surface area contributed by atoms with Crippen LogP contribution in [0.15, 0.2) is 18.2 Å². The largest absolute Gasteiger partial charge is 0.432 e. The highest BCUT2D eigenvalue weighted by molar-refractivity contribution is 5.29. The summed E-state index contributed by atoms with van der Waals surface area (Å²) in [6, 6.07) is 4.22. The minimum atomic E-state index is -3.00. The molecule has 2 heterocycles. The van der Waals surface area contributed by atoms with Gasteiger partial charge < -0.3 is 10.1 Å². The first kappa shape index (κ1) is 14.7. The summed E-state index contributed by atoms with van der Waals surface area (Å²) in [6.45, 7) is 1.78. The molecule has 1 atom stereocenters. The van der Waals surface area contributed by atoms with Gasteiger partial charge in [0.05, 0.1) is 0 Å². The van der Waals surface area contributed by atoms with E-state index in [0.717, 1.165) is 38.2 Å². The topological polar surface area (TPSA) is 24.5 Å². The third-order valence-electron chi connectivity index (χ3n) is 4.47. The van der Waals surface area contributed by atoms with E-state index in [9.17, 15) is 13.2 Å². The Bertz CT molecular complexity index is 504. The van der Waals surface area contributed by atoms with Crippen LogP contribution >= 0.6 is 0 Å². The van der Waals surface area contributed by atoms with Crippen LogP contribution in [-0.4, -0.2) is 37.7 Å². The molecule has 6 heteroatoms. The lowest BCUT2D eigenvalue weighted by molar-refractivity contribution is -0.0522. The standard InChI is InChI=1S/C15H19F3N2O/c16-12-7-11(1-2-13(12)21-14(17)18)8-20-6-4-15(10-20)3-5-19-9-15/h1-2,7,14,19H,3-6,8-10H2. The quantitative estimate of drug-likeness (QED) is 0.925. The van der Waals surface area contributed by atoms with Crippen molar-refractivity contribution in [1.29, 1.82) is 0 Å². The number of ether oxygens (including phenoxy) is 1. The van der Waals surface area contributed by atoms with Crippen molar-refractivity contribution in [1.82, 2.24) is 10.2 Å². The highest BCUT2D eigenvalue weighted by atomic mass is 19.3. The Morgan fingerprint density at radius 1 is 1.33 bits per heavy atom. The number of rotatable bonds is 4. The molecule has 0 radical (unpaired) electrons. The highest BCUT2D eigenvalue weighted by Crippen LogP contribution is 2.36. The van der Waals surface area contributed by atoms with E-state index >= 15 is 0 Å².